The van der Waals surface area contributed by atoms with Gasteiger partial charge in [0.2, 0.25) is 0 Å². The molecule has 0 atom stereocenters. The van der Waals surface area contributed by atoms with Gasteiger partial charge in [-0.25, -0.2) is 4.79 Å². The molecule has 0 bridgehead atoms. The van der Waals surface area contributed by atoms with Crippen molar-refractivity contribution in [3.05, 3.63) is 29.8 Å². The second-order valence-electron chi connectivity index (χ2n) is 4.62. The lowest BCUT2D eigenvalue weighted by molar-refractivity contribution is 0.0378. The second kappa shape index (κ2) is 7.11. The van der Waals surface area contributed by atoms with Gasteiger partial charge in [-0.15, -0.1) is 0 Å². The Balaban J connectivity index is 1.70. The number of benzene rings is 1. The zero-order valence-electron chi connectivity index (χ0n) is 11.0. The number of carboxylic acid groups (broad SMARTS) is 1. The summed E-state index contributed by atoms with van der Waals surface area (Å²) >= 11 is 0. The summed E-state index contributed by atoms with van der Waals surface area (Å²) in [5.74, 6) is -0.892. The maximum Gasteiger partial charge on any atom is 0.335 e. The molecule has 5 heteroatoms. The Hall–Kier alpha value is -1.59. The first-order valence-corrected chi connectivity index (χ1v) is 6.63. The molecule has 1 aromatic carbocycles. The first kappa shape index (κ1) is 13.8. The first-order chi connectivity index (χ1) is 9.25. The van der Waals surface area contributed by atoms with Crippen LogP contribution in [0, 0.1) is 0 Å². The number of rotatable bonds is 6. The molecule has 1 aliphatic heterocycles. The van der Waals surface area contributed by atoms with E-state index in [1.165, 1.54) is 0 Å². The van der Waals surface area contributed by atoms with E-state index in [-0.39, 0.29) is 0 Å². The van der Waals surface area contributed by atoms with Crippen LogP contribution in [0.5, 0.6) is 0 Å². The molecule has 0 radical (unpaired) electrons. The standard InChI is InChI=1S/C14H20N2O3/c17-14(18)12-3-1-4-13(11-12)15-5-2-6-16-7-9-19-10-8-16/h1,3-4,11,15H,2,5-10H2,(H,17,18). The second-order valence-corrected chi connectivity index (χ2v) is 4.62. The highest BCUT2D eigenvalue weighted by atomic mass is 16.5. The van der Waals surface area contributed by atoms with E-state index in [2.05, 4.69) is 10.2 Å². The number of carboxylic acids is 1. The largest absolute Gasteiger partial charge is 0.478 e. The number of morpholine rings is 1. The summed E-state index contributed by atoms with van der Waals surface area (Å²) in [7, 11) is 0. The van der Waals surface area contributed by atoms with Crippen molar-refractivity contribution < 1.29 is 14.6 Å². The van der Waals surface area contributed by atoms with Gasteiger partial charge in [-0.2, -0.15) is 0 Å². The number of anilines is 1. The van der Waals surface area contributed by atoms with Crippen molar-refractivity contribution in [2.45, 2.75) is 6.42 Å². The van der Waals surface area contributed by atoms with Crippen LogP contribution in [0.3, 0.4) is 0 Å². The number of hydrogen-bond acceptors (Lipinski definition) is 4. The Kier molecular flexibility index (Phi) is 5.18. The highest BCUT2D eigenvalue weighted by Crippen LogP contribution is 2.10. The van der Waals surface area contributed by atoms with Crippen LogP contribution in [0.1, 0.15) is 16.8 Å². The van der Waals surface area contributed by atoms with Gasteiger partial charge in [-0.3, -0.25) is 4.90 Å². The van der Waals surface area contributed by atoms with Gasteiger partial charge in [-0.1, -0.05) is 6.07 Å². The molecule has 0 aliphatic carbocycles. The van der Waals surface area contributed by atoms with Crippen molar-refractivity contribution in [2.24, 2.45) is 0 Å². The lowest BCUT2D eigenvalue weighted by Crippen LogP contribution is -2.37. The van der Waals surface area contributed by atoms with E-state index >= 15 is 0 Å². The monoisotopic (exact) mass is 264 g/mol. The highest BCUT2D eigenvalue weighted by molar-refractivity contribution is 5.88. The number of ether oxygens (including phenoxy) is 1. The molecule has 2 rings (SSSR count). The number of nitrogens with zero attached hydrogens (tertiary/aromatic N) is 1. The number of nitrogens with one attached hydrogen (secondary N) is 1. The van der Waals surface area contributed by atoms with Crippen LogP contribution < -0.4 is 5.32 Å². The fourth-order valence-corrected chi connectivity index (χ4v) is 2.12. The molecular formula is C14H20N2O3. The predicted octanol–water partition coefficient (Wildman–Crippen LogP) is 1.52. The lowest BCUT2D eigenvalue weighted by Gasteiger charge is -2.26. The van der Waals surface area contributed by atoms with Gasteiger partial charge >= 0.3 is 5.97 Å². The minimum atomic E-state index is -0.892. The summed E-state index contributed by atoms with van der Waals surface area (Å²) in [5.41, 5.74) is 1.18. The maximum atomic E-state index is 10.8. The molecular weight excluding hydrogens is 244 g/mol. The Morgan fingerprint density at radius 1 is 1.37 bits per heavy atom. The molecule has 1 fully saturated rings. The molecule has 0 spiro atoms. The fraction of sp³-hybridized carbons (Fsp3) is 0.500. The Morgan fingerprint density at radius 2 is 2.16 bits per heavy atom. The lowest BCUT2D eigenvalue weighted by atomic mass is 10.2. The Morgan fingerprint density at radius 3 is 2.89 bits per heavy atom. The smallest absolute Gasteiger partial charge is 0.335 e. The van der Waals surface area contributed by atoms with Crippen molar-refractivity contribution >= 4 is 11.7 Å². The average molecular weight is 264 g/mol. The van der Waals surface area contributed by atoms with Gasteiger partial charge in [0.25, 0.3) is 0 Å². The van der Waals surface area contributed by atoms with Gasteiger partial charge in [0, 0.05) is 25.3 Å². The van der Waals surface area contributed by atoms with Crippen LogP contribution >= 0.6 is 0 Å². The fourth-order valence-electron chi connectivity index (χ4n) is 2.12. The molecule has 1 aromatic rings. The van der Waals surface area contributed by atoms with Crippen LogP contribution in [0.25, 0.3) is 0 Å². The predicted molar refractivity (Wildman–Crippen MR) is 73.8 cm³/mol. The van der Waals surface area contributed by atoms with E-state index in [0.29, 0.717) is 5.56 Å². The molecule has 1 saturated heterocycles. The molecule has 1 aliphatic rings. The highest BCUT2D eigenvalue weighted by Gasteiger charge is 2.09. The molecule has 2 N–H and O–H groups in total. The van der Waals surface area contributed by atoms with E-state index in [1.54, 1.807) is 18.2 Å². The van der Waals surface area contributed by atoms with Crippen LogP contribution in [0.2, 0.25) is 0 Å². The van der Waals surface area contributed by atoms with Crippen LogP contribution in [0.15, 0.2) is 24.3 Å². The summed E-state index contributed by atoms with van der Waals surface area (Å²) in [4.78, 5) is 13.2. The molecule has 0 amide bonds. The molecule has 5 nitrogen and oxygen atoms in total. The van der Waals surface area contributed by atoms with Crippen molar-refractivity contribution in [1.29, 1.82) is 0 Å². The molecule has 0 aromatic heterocycles. The minimum Gasteiger partial charge on any atom is -0.478 e. The SMILES string of the molecule is O=C(O)c1cccc(NCCCN2CCOCC2)c1. The van der Waals surface area contributed by atoms with Crippen LogP contribution in [0.4, 0.5) is 5.69 Å². The third-order valence-corrected chi connectivity index (χ3v) is 3.19. The zero-order chi connectivity index (χ0) is 13.5. The molecule has 104 valence electrons. The maximum absolute atomic E-state index is 10.8. The van der Waals surface area contributed by atoms with Crippen LogP contribution in [-0.2, 0) is 4.74 Å². The summed E-state index contributed by atoms with van der Waals surface area (Å²) in [6, 6.07) is 6.91. The Bertz CT molecular complexity index is 417. The normalized spacial score (nSPS) is 16.2. The summed E-state index contributed by atoms with van der Waals surface area (Å²) in [6.45, 7) is 5.57. The molecule has 0 saturated carbocycles. The molecule has 19 heavy (non-hydrogen) atoms. The van der Waals surface area contributed by atoms with E-state index in [1.807, 2.05) is 6.07 Å². The van der Waals surface area contributed by atoms with Gasteiger partial charge < -0.3 is 15.2 Å². The van der Waals surface area contributed by atoms with Gasteiger partial charge in [0.05, 0.1) is 18.8 Å². The summed E-state index contributed by atoms with van der Waals surface area (Å²) in [6.07, 6.45) is 1.04. The number of aromatic carboxylic acids is 1. The first-order valence-electron chi connectivity index (χ1n) is 6.63. The topological polar surface area (TPSA) is 61.8 Å². The van der Waals surface area contributed by atoms with E-state index < -0.39 is 5.97 Å². The van der Waals surface area contributed by atoms with Crippen molar-refractivity contribution in [3.8, 4) is 0 Å². The quantitative estimate of drug-likeness (QED) is 0.763. The van der Waals surface area contributed by atoms with Crippen LogP contribution in [-0.4, -0.2) is 55.4 Å². The van der Waals surface area contributed by atoms with Gasteiger partial charge in [0.15, 0.2) is 0 Å². The zero-order valence-corrected chi connectivity index (χ0v) is 11.0. The third-order valence-electron chi connectivity index (χ3n) is 3.19. The third kappa shape index (κ3) is 4.54. The summed E-state index contributed by atoms with van der Waals surface area (Å²) < 4.78 is 5.30. The van der Waals surface area contributed by atoms with E-state index in [9.17, 15) is 4.79 Å². The molecule has 0 unspecified atom stereocenters. The van der Waals surface area contributed by atoms with Gasteiger partial charge in [0.1, 0.15) is 0 Å². The number of hydrogen-bond donors (Lipinski definition) is 2. The van der Waals surface area contributed by atoms with E-state index in [4.69, 9.17) is 9.84 Å². The Labute approximate surface area is 113 Å². The average Bonchev–Trinajstić information content (AvgIpc) is 2.45. The minimum absolute atomic E-state index is 0.318. The number of carbonyl (C=O) groups is 1. The van der Waals surface area contributed by atoms with E-state index in [0.717, 1.165) is 51.5 Å². The van der Waals surface area contributed by atoms with Crippen molar-refractivity contribution in [3.63, 3.8) is 0 Å². The van der Waals surface area contributed by atoms with Crippen molar-refractivity contribution in [2.75, 3.05) is 44.7 Å². The van der Waals surface area contributed by atoms with Crippen molar-refractivity contribution in [1.82, 2.24) is 4.90 Å². The summed E-state index contributed by atoms with van der Waals surface area (Å²) in [5, 5.41) is 12.2. The molecule has 1 heterocycles. The van der Waals surface area contributed by atoms with Gasteiger partial charge in [-0.05, 0) is 31.2 Å².